The van der Waals surface area contributed by atoms with Gasteiger partial charge in [0.25, 0.3) is 0 Å². The van der Waals surface area contributed by atoms with Crippen molar-refractivity contribution in [3.05, 3.63) is 0 Å². The quantitative estimate of drug-likeness (QED) is 0.319. The van der Waals surface area contributed by atoms with E-state index in [9.17, 15) is 13.2 Å². The third-order valence-electron chi connectivity index (χ3n) is 0.805. The van der Waals surface area contributed by atoms with Crippen molar-refractivity contribution in [2.45, 2.75) is 0 Å². The lowest BCUT2D eigenvalue weighted by Gasteiger charge is -2.00. The van der Waals surface area contributed by atoms with Crippen molar-refractivity contribution in [1.29, 1.82) is 0 Å². The number of amides is 1. The highest BCUT2D eigenvalue weighted by molar-refractivity contribution is 7.90. The number of rotatable bonds is 3. The number of hydrogen-bond acceptors (Lipinski definition) is 5. The second-order valence-corrected chi connectivity index (χ2v) is 4.17. The highest BCUT2D eigenvalue weighted by atomic mass is 32.2. The van der Waals surface area contributed by atoms with Gasteiger partial charge in [0.2, 0.25) is 0 Å². The molecule has 7 heteroatoms. The van der Waals surface area contributed by atoms with E-state index in [4.69, 9.17) is 0 Å². The van der Waals surface area contributed by atoms with Crippen molar-refractivity contribution >= 4 is 15.9 Å². The van der Waals surface area contributed by atoms with Gasteiger partial charge in [0.15, 0.2) is 9.84 Å². The van der Waals surface area contributed by atoms with Crippen molar-refractivity contribution in [2.75, 3.05) is 18.6 Å². The Bertz CT molecular complexity index is 222. The maximum Gasteiger partial charge on any atom is 0.421 e. The summed E-state index contributed by atoms with van der Waals surface area (Å²) in [5, 5.41) is 0. The van der Waals surface area contributed by atoms with E-state index in [1.54, 1.807) is 5.43 Å². The topological polar surface area (TPSA) is 98.5 Å². The number of nitrogens with two attached hydrogens (primary N) is 1. The van der Waals surface area contributed by atoms with Crippen LogP contribution in [-0.4, -0.2) is 33.1 Å². The third-order valence-corrected chi connectivity index (χ3v) is 1.71. The van der Waals surface area contributed by atoms with Crippen LogP contribution in [0.25, 0.3) is 0 Å². The van der Waals surface area contributed by atoms with Crippen molar-refractivity contribution in [3.8, 4) is 0 Å². The number of carbonyl (C=O) groups is 1. The molecule has 0 fully saturated rings. The Labute approximate surface area is 64.6 Å². The first-order chi connectivity index (χ1) is 4.95. The van der Waals surface area contributed by atoms with Crippen LogP contribution in [0.3, 0.4) is 0 Å². The number of hydrogen-bond donors (Lipinski definition) is 2. The molecule has 0 unspecified atom stereocenters. The molecule has 0 heterocycles. The molecule has 0 aromatic carbocycles. The standard InChI is InChI=1S/C4H10N2O4S/c1-11(8,9)3-2-10-4(7)6-5/h2-3,5H2,1H3,(H,6,7). The molecule has 0 aliphatic rings. The summed E-state index contributed by atoms with van der Waals surface area (Å²) in [5.41, 5.74) is 1.70. The minimum absolute atomic E-state index is 0.179. The third kappa shape index (κ3) is 7.07. The molecule has 3 N–H and O–H groups in total. The van der Waals surface area contributed by atoms with Gasteiger partial charge in [-0.15, -0.1) is 0 Å². The second kappa shape index (κ2) is 4.14. The van der Waals surface area contributed by atoms with Crippen molar-refractivity contribution in [1.82, 2.24) is 5.43 Å². The fourth-order valence-electron chi connectivity index (χ4n) is 0.327. The largest absolute Gasteiger partial charge is 0.448 e. The van der Waals surface area contributed by atoms with E-state index < -0.39 is 15.9 Å². The van der Waals surface area contributed by atoms with Gasteiger partial charge in [-0.05, 0) is 0 Å². The molecule has 0 aliphatic heterocycles. The van der Waals surface area contributed by atoms with Gasteiger partial charge in [-0.25, -0.2) is 19.1 Å². The number of sulfone groups is 1. The average Bonchev–Trinajstić information content (AvgIpc) is 1.85. The van der Waals surface area contributed by atoms with Gasteiger partial charge < -0.3 is 4.74 Å². The van der Waals surface area contributed by atoms with Crippen LogP contribution in [0.4, 0.5) is 4.79 Å². The van der Waals surface area contributed by atoms with Gasteiger partial charge in [0.05, 0.1) is 5.75 Å². The minimum Gasteiger partial charge on any atom is -0.448 e. The van der Waals surface area contributed by atoms with Gasteiger partial charge in [-0.1, -0.05) is 0 Å². The summed E-state index contributed by atoms with van der Waals surface area (Å²) in [6.07, 6.45) is 0.213. The second-order valence-electron chi connectivity index (χ2n) is 1.91. The van der Waals surface area contributed by atoms with E-state index in [-0.39, 0.29) is 12.4 Å². The molecule has 0 bridgehead atoms. The van der Waals surface area contributed by atoms with E-state index in [2.05, 4.69) is 10.6 Å². The maximum absolute atomic E-state index is 10.5. The summed E-state index contributed by atoms with van der Waals surface area (Å²) in [5.74, 6) is 4.45. The predicted molar refractivity (Wildman–Crippen MR) is 38.4 cm³/mol. The average molecular weight is 182 g/mol. The minimum atomic E-state index is -3.07. The van der Waals surface area contributed by atoms with Gasteiger partial charge in [0, 0.05) is 6.26 Å². The smallest absolute Gasteiger partial charge is 0.421 e. The predicted octanol–water partition coefficient (Wildman–Crippen LogP) is -1.37. The molecule has 0 radical (unpaired) electrons. The molecule has 6 nitrogen and oxygen atoms in total. The van der Waals surface area contributed by atoms with Crippen LogP contribution >= 0.6 is 0 Å². The molecule has 0 saturated heterocycles. The lowest BCUT2D eigenvalue weighted by atomic mass is 10.8. The Morgan fingerprint density at radius 1 is 1.64 bits per heavy atom. The highest BCUT2D eigenvalue weighted by Gasteiger charge is 2.03. The van der Waals surface area contributed by atoms with Gasteiger partial charge in [-0.2, -0.15) is 0 Å². The number of hydrazine groups is 1. The summed E-state index contributed by atoms with van der Waals surface area (Å²) in [6.45, 7) is -0.179. The molecule has 0 aromatic heterocycles. The van der Waals surface area contributed by atoms with Gasteiger partial charge in [0.1, 0.15) is 6.61 Å². The molecule has 0 atom stereocenters. The lowest BCUT2D eigenvalue weighted by molar-refractivity contribution is 0.153. The fourth-order valence-corrected chi connectivity index (χ4v) is 0.713. The Morgan fingerprint density at radius 2 is 2.18 bits per heavy atom. The zero-order chi connectivity index (χ0) is 8.91. The molecular weight excluding hydrogens is 172 g/mol. The zero-order valence-electron chi connectivity index (χ0n) is 6.03. The summed E-state index contributed by atoms with van der Waals surface area (Å²) in [7, 11) is -3.07. The summed E-state index contributed by atoms with van der Waals surface area (Å²) in [6, 6.07) is 0. The van der Waals surface area contributed by atoms with E-state index in [1.807, 2.05) is 0 Å². The first-order valence-corrected chi connectivity index (χ1v) is 4.83. The highest BCUT2D eigenvalue weighted by Crippen LogP contribution is 1.83. The number of ether oxygens (including phenoxy) is 1. The molecular formula is C4H10N2O4S. The van der Waals surface area contributed by atoms with Gasteiger partial charge >= 0.3 is 6.09 Å². The fraction of sp³-hybridized carbons (Fsp3) is 0.750. The molecule has 66 valence electrons. The van der Waals surface area contributed by atoms with Crippen LogP contribution in [0.2, 0.25) is 0 Å². The normalized spacial score (nSPS) is 10.7. The van der Waals surface area contributed by atoms with Crippen molar-refractivity contribution in [3.63, 3.8) is 0 Å². The summed E-state index contributed by atoms with van der Waals surface area (Å²) < 4.78 is 25.2. The van der Waals surface area contributed by atoms with Crippen molar-refractivity contribution in [2.24, 2.45) is 5.84 Å². The lowest BCUT2D eigenvalue weighted by Crippen LogP contribution is -2.31. The van der Waals surface area contributed by atoms with Crippen LogP contribution in [-0.2, 0) is 14.6 Å². The monoisotopic (exact) mass is 182 g/mol. The zero-order valence-corrected chi connectivity index (χ0v) is 6.85. The number of carbonyl (C=O) groups excluding carboxylic acids is 1. The van der Waals surface area contributed by atoms with Crippen molar-refractivity contribution < 1.29 is 17.9 Å². The summed E-state index contributed by atoms with van der Waals surface area (Å²) in [4.78, 5) is 10.2. The van der Waals surface area contributed by atoms with Crippen LogP contribution in [0.5, 0.6) is 0 Å². The molecule has 0 saturated carbocycles. The molecule has 11 heavy (non-hydrogen) atoms. The van der Waals surface area contributed by atoms with E-state index in [1.165, 1.54) is 0 Å². The Morgan fingerprint density at radius 3 is 2.55 bits per heavy atom. The summed E-state index contributed by atoms with van der Waals surface area (Å²) >= 11 is 0. The van der Waals surface area contributed by atoms with Gasteiger partial charge in [-0.3, -0.25) is 5.43 Å². The molecule has 0 spiro atoms. The van der Waals surface area contributed by atoms with E-state index in [0.29, 0.717) is 0 Å². The molecule has 0 rings (SSSR count). The van der Waals surface area contributed by atoms with Crippen LogP contribution in [0.1, 0.15) is 0 Å². The molecule has 0 aliphatic carbocycles. The SMILES string of the molecule is CS(=O)(=O)CCOC(=O)NN. The Kier molecular flexibility index (Phi) is 3.83. The molecule has 1 amide bonds. The van der Waals surface area contributed by atoms with Crippen LogP contribution in [0, 0.1) is 0 Å². The van der Waals surface area contributed by atoms with E-state index in [0.717, 1.165) is 6.26 Å². The molecule has 0 aromatic rings. The number of nitrogens with one attached hydrogen (secondary N) is 1. The Balaban J connectivity index is 3.51. The van der Waals surface area contributed by atoms with E-state index >= 15 is 0 Å². The first-order valence-electron chi connectivity index (χ1n) is 2.77. The van der Waals surface area contributed by atoms with Crippen LogP contribution < -0.4 is 11.3 Å². The Hall–Kier alpha value is -0.820. The van der Waals surface area contributed by atoms with Crippen LogP contribution in [0.15, 0.2) is 0 Å². The maximum atomic E-state index is 10.5. The first kappa shape index (κ1) is 10.2.